The van der Waals surface area contributed by atoms with Crippen molar-refractivity contribution in [3.05, 3.63) is 29.6 Å². The molecule has 0 saturated heterocycles. The molecule has 1 aromatic heterocycles. The lowest BCUT2D eigenvalue weighted by molar-refractivity contribution is -0.122. The first-order valence-corrected chi connectivity index (χ1v) is 6.30. The Balaban J connectivity index is 2.19. The Kier molecular flexibility index (Phi) is 5.28. The van der Waals surface area contributed by atoms with E-state index < -0.39 is 0 Å². The number of carbonyl (C=O) groups is 1. The van der Waals surface area contributed by atoms with Crippen LogP contribution < -0.4 is 10.6 Å². The van der Waals surface area contributed by atoms with Gasteiger partial charge in [-0.1, -0.05) is 6.07 Å². The molecule has 2 N–H and O–H groups in total. The standard InChI is InChI=1S/C14H23N3O/c1-11-5-6-12(16-9-11)10-15-8-7-13(18)17-14(2,3)4/h5-6,9,15H,7-8,10H2,1-4H3,(H,17,18). The Morgan fingerprint density at radius 1 is 1.33 bits per heavy atom. The number of nitrogens with zero attached hydrogens (tertiary/aromatic N) is 1. The summed E-state index contributed by atoms with van der Waals surface area (Å²) in [5, 5.41) is 6.15. The Morgan fingerprint density at radius 3 is 2.61 bits per heavy atom. The van der Waals surface area contributed by atoms with Gasteiger partial charge < -0.3 is 10.6 Å². The molecule has 0 radical (unpaired) electrons. The van der Waals surface area contributed by atoms with Crippen LogP contribution in [-0.4, -0.2) is 23.0 Å². The number of pyridine rings is 1. The average molecular weight is 249 g/mol. The molecule has 100 valence electrons. The fourth-order valence-corrected chi connectivity index (χ4v) is 1.50. The van der Waals surface area contributed by atoms with Gasteiger partial charge in [-0.25, -0.2) is 0 Å². The van der Waals surface area contributed by atoms with Crippen LogP contribution in [0.1, 0.15) is 38.4 Å². The molecule has 0 spiro atoms. The van der Waals surface area contributed by atoms with Crippen LogP contribution in [0.2, 0.25) is 0 Å². The van der Waals surface area contributed by atoms with Crippen LogP contribution in [0.4, 0.5) is 0 Å². The van der Waals surface area contributed by atoms with E-state index in [1.807, 2.05) is 46.0 Å². The van der Waals surface area contributed by atoms with Crippen molar-refractivity contribution in [2.45, 2.75) is 46.2 Å². The highest BCUT2D eigenvalue weighted by atomic mass is 16.1. The van der Waals surface area contributed by atoms with Gasteiger partial charge in [-0.3, -0.25) is 9.78 Å². The number of aromatic nitrogens is 1. The minimum absolute atomic E-state index is 0.0758. The van der Waals surface area contributed by atoms with Gasteiger partial charge in [0.1, 0.15) is 0 Å². The van der Waals surface area contributed by atoms with E-state index in [1.54, 1.807) is 0 Å². The second-order valence-corrected chi connectivity index (χ2v) is 5.55. The predicted molar refractivity (Wildman–Crippen MR) is 73.2 cm³/mol. The number of rotatable bonds is 5. The minimum Gasteiger partial charge on any atom is -0.351 e. The van der Waals surface area contributed by atoms with E-state index >= 15 is 0 Å². The molecule has 0 bridgehead atoms. The number of carbonyl (C=O) groups excluding carboxylic acids is 1. The summed E-state index contributed by atoms with van der Waals surface area (Å²) in [4.78, 5) is 15.8. The highest BCUT2D eigenvalue weighted by molar-refractivity contribution is 5.76. The Bertz CT molecular complexity index is 379. The number of hydrogen-bond donors (Lipinski definition) is 2. The topological polar surface area (TPSA) is 54.0 Å². The molecule has 0 aliphatic carbocycles. The van der Waals surface area contributed by atoms with E-state index in [-0.39, 0.29) is 11.4 Å². The summed E-state index contributed by atoms with van der Waals surface area (Å²) < 4.78 is 0. The summed E-state index contributed by atoms with van der Waals surface area (Å²) in [7, 11) is 0. The summed E-state index contributed by atoms with van der Waals surface area (Å²) in [6, 6.07) is 4.04. The van der Waals surface area contributed by atoms with Gasteiger partial charge in [-0.05, 0) is 39.3 Å². The summed E-state index contributed by atoms with van der Waals surface area (Å²) in [6.45, 7) is 9.32. The van der Waals surface area contributed by atoms with Crippen molar-refractivity contribution in [1.29, 1.82) is 0 Å². The molecule has 0 unspecified atom stereocenters. The van der Waals surface area contributed by atoms with E-state index in [0.717, 1.165) is 11.3 Å². The molecule has 0 aliphatic rings. The third-order valence-electron chi connectivity index (χ3n) is 2.32. The lowest BCUT2D eigenvalue weighted by Gasteiger charge is -2.20. The van der Waals surface area contributed by atoms with Crippen LogP contribution in [-0.2, 0) is 11.3 Å². The lowest BCUT2D eigenvalue weighted by Crippen LogP contribution is -2.41. The largest absolute Gasteiger partial charge is 0.351 e. The SMILES string of the molecule is Cc1ccc(CNCCC(=O)NC(C)(C)C)nc1. The summed E-state index contributed by atoms with van der Waals surface area (Å²) >= 11 is 0. The first-order valence-electron chi connectivity index (χ1n) is 6.30. The molecule has 0 aliphatic heterocycles. The third kappa shape index (κ3) is 6.35. The van der Waals surface area contributed by atoms with Gasteiger partial charge in [-0.15, -0.1) is 0 Å². The van der Waals surface area contributed by atoms with Crippen LogP contribution in [0.25, 0.3) is 0 Å². The molecule has 1 aromatic rings. The first-order chi connectivity index (χ1) is 8.37. The molecule has 4 nitrogen and oxygen atoms in total. The molecule has 0 aromatic carbocycles. The van der Waals surface area contributed by atoms with Crippen LogP contribution >= 0.6 is 0 Å². The van der Waals surface area contributed by atoms with E-state index in [0.29, 0.717) is 19.5 Å². The number of aryl methyl sites for hydroxylation is 1. The van der Waals surface area contributed by atoms with E-state index in [2.05, 4.69) is 15.6 Å². The highest BCUT2D eigenvalue weighted by Crippen LogP contribution is 1.99. The van der Waals surface area contributed by atoms with Gasteiger partial charge in [0.05, 0.1) is 5.69 Å². The molecule has 18 heavy (non-hydrogen) atoms. The molecular weight excluding hydrogens is 226 g/mol. The summed E-state index contributed by atoms with van der Waals surface area (Å²) in [5.74, 6) is 0.0758. The molecular formula is C14H23N3O. The van der Waals surface area contributed by atoms with Gasteiger partial charge in [0.25, 0.3) is 0 Å². The molecule has 0 saturated carbocycles. The van der Waals surface area contributed by atoms with Crippen molar-refractivity contribution >= 4 is 5.91 Å². The van der Waals surface area contributed by atoms with Gasteiger partial charge in [0.15, 0.2) is 0 Å². The Morgan fingerprint density at radius 2 is 2.06 bits per heavy atom. The molecule has 4 heteroatoms. The zero-order valence-corrected chi connectivity index (χ0v) is 11.7. The van der Waals surface area contributed by atoms with Crippen LogP contribution in [0, 0.1) is 6.92 Å². The number of nitrogens with one attached hydrogen (secondary N) is 2. The smallest absolute Gasteiger partial charge is 0.221 e. The molecule has 1 heterocycles. The second kappa shape index (κ2) is 6.50. The fourth-order valence-electron chi connectivity index (χ4n) is 1.50. The van der Waals surface area contributed by atoms with Crippen molar-refractivity contribution < 1.29 is 4.79 Å². The second-order valence-electron chi connectivity index (χ2n) is 5.55. The molecule has 1 rings (SSSR count). The van der Waals surface area contributed by atoms with Crippen molar-refractivity contribution in [2.75, 3.05) is 6.54 Å². The number of hydrogen-bond acceptors (Lipinski definition) is 3. The maximum atomic E-state index is 11.5. The first kappa shape index (κ1) is 14.6. The normalized spacial score (nSPS) is 11.3. The maximum absolute atomic E-state index is 11.5. The van der Waals surface area contributed by atoms with Crippen molar-refractivity contribution in [2.24, 2.45) is 0 Å². The van der Waals surface area contributed by atoms with Gasteiger partial charge >= 0.3 is 0 Å². The molecule has 0 atom stereocenters. The van der Waals surface area contributed by atoms with Gasteiger partial charge in [-0.2, -0.15) is 0 Å². The molecule has 1 amide bonds. The fraction of sp³-hybridized carbons (Fsp3) is 0.571. The third-order valence-corrected chi connectivity index (χ3v) is 2.32. The van der Waals surface area contributed by atoms with E-state index in [4.69, 9.17) is 0 Å². The van der Waals surface area contributed by atoms with Crippen LogP contribution in [0.5, 0.6) is 0 Å². The monoisotopic (exact) mass is 249 g/mol. The maximum Gasteiger partial charge on any atom is 0.221 e. The van der Waals surface area contributed by atoms with Crippen LogP contribution in [0.3, 0.4) is 0 Å². The summed E-state index contributed by atoms with van der Waals surface area (Å²) in [6.07, 6.45) is 2.34. The summed E-state index contributed by atoms with van der Waals surface area (Å²) in [5.41, 5.74) is 2.00. The Hall–Kier alpha value is -1.42. The Labute approximate surface area is 109 Å². The van der Waals surface area contributed by atoms with Crippen molar-refractivity contribution in [3.8, 4) is 0 Å². The highest BCUT2D eigenvalue weighted by Gasteiger charge is 2.12. The van der Waals surface area contributed by atoms with E-state index in [1.165, 1.54) is 0 Å². The zero-order chi connectivity index (χ0) is 13.6. The van der Waals surface area contributed by atoms with Crippen molar-refractivity contribution in [3.63, 3.8) is 0 Å². The zero-order valence-electron chi connectivity index (χ0n) is 11.7. The lowest BCUT2D eigenvalue weighted by atomic mass is 10.1. The average Bonchev–Trinajstić information content (AvgIpc) is 2.24. The minimum atomic E-state index is -0.157. The van der Waals surface area contributed by atoms with Crippen molar-refractivity contribution in [1.82, 2.24) is 15.6 Å². The van der Waals surface area contributed by atoms with Gasteiger partial charge in [0, 0.05) is 31.2 Å². The van der Waals surface area contributed by atoms with Crippen LogP contribution in [0.15, 0.2) is 18.3 Å². The number of amides is 1. The van der Waals surface area contributed by atoms with Gasteiger partial charge in [0.2, 0.25) is 5.91 Å². The molecule has 0 fully saturated rings. The quantitative estimate of drug-likeness (QED) is 0.782. The van der Waals surface area contributed by atoms with E-state index in [9.17, 15) is 4.79 Å². The predicted octanol–water partition coefficient (Wildman–Crippen LogP) is 1.78.